The fraction of sp³-hybridized carbons (Fsp3) is 0.667. The highest BCUT2D eigenvalue weighted by molar-refractivity contribution is 5.28. The van der Waals surface area contributed by atoms with Crippen molar-refractivity contribution in [3.05, 3.63) is 24.0 Å². The zero-order valence-corrected chi connectivity index (χ0v) is 8.71. The Balaban J connectivity index is 2.33. The van der Waals surface area contributed by atoms with Gasteiger partial charge in [-0.25, -0.2) is 0 Å². The Morgan fingerprint density at radius 3 is 3.00 bits per heavy atom. The molecule has 2 unspecified atom stereocenters. The van der Waals surface area contributed by atoms with E-state index >= 15 is 0 Å². The van der Waals surface area contributed by atoms with Crippen LogP contribution in [-0.4, -0.2) is 6.61 Å². The molecule has 0 aromatic carbocycles. The van der Waals surface area contributed by atoms with Crippen molar-refractivity contribution in [1.82, 2.24) is 0 Å². The van der Waals surface area contributed by atoms with Crippen LogP contribution in [0.4, 0.5) is 0 Å². The number of rotatable bonds is 0. The van der Waals surface area contributed by atoms with Crippen LogP contribution in [0.2, 0.25) is 0 Å². The highest BCUT2D eigenvalue weighted by Crippen LogP contribution is 2.42. The zero-order valence-electron chi connectivity index (χ0n) is 8.71. The van der Waals surface area contributed by atoms with Crippen molar-refractivity contribution in [2.45, 2.75) is 27.2 Å². The minimum Gasteiger partial charge on any atom is -0.501 e. The van der Waals surface area contributed by atoms with E-state index in [1.165, 1.54) is 12.0 Å². The van der Waals surface area contributed by atoms with Crippen LogP contribution in [-0.2, 0) is 4.74 Å². The maximum atomic E-state index is 5.36. The second-order valence-electron chi connectivity index (χ2n) is 5.06. The molecular formula is C12H18O. The molecule has 0 saturated heterocycles. The summed E-state index contributed by atoms with van der Waals surface area (Å²) in [5.41, 5.74) is 1.85. The standard InChI is InChI=1S/C12H18O/c1-9-6-12(2,3)7-10-4-5-13-8-11(9)10/h4-5,7,9,11H,6,8H2,1-3H3. The van der Waals surface area contributed by atoms with E-state index in [1.54, 1.807) is 0 Å². The molecule has 72 valence electrons. The topological polar surface area (TPSA) is 9.23 Å². The summed E-state index contributed by atoms with van der Waals surface area (Å²) < 4.78 is 5.36. The number of allylic oxidation sites excluding steroid dienone is 2. The molecule has 0 aromatic heterocycles. The van der Waals surface area contributed by atoms with E-state index in [2.05, 4.69) is 32.9 Å². The summed E-state index contributed by atoms with van der Waals surface area (Å²) in [5.74, 6) is 1.39. The van der Waals surface area contributed by atoms with Gasteiger partial charge in [0.2, 0.25) is 0 Å². The Hall–Kier alpha value is -0.720. The first-order valence-corrected chi connectivity index (χ1v) is 5.09. The van der Waals surface area contributed by atoms with Gasteiger partial charge in [-0.15, -0.1) is 0 Å². The van der Waals surface area contributed by atoms with E-state index in [0.717, 1.165) is 12.5 Å². The SMILES string of the molecule is CC1CC(C)(C)C=C2C=COCC21. The van der Waals surface area contributed by atoms with Crippen molar-refractivity contribution in [1.29, 1.82) is 0 Å². The lowest BCUT2D eigenvalue weighted by molar-refractivity contribution is 0.139. The van der Waals surface area contributed by atoms with Gasteiger partial charge in [0.1, 0.15) is 0 Å². The summed E-state index contributed by atoms with van der Waals surface area (Å²) >= 11 is 0. The first-order valence-electron chi connectivity index (χ1n) is 5.09. The second-order valence-corrected chi connectivity index (χ2v) is 5.06. The van der Waals surface area contributed by atoms with Crippen LogP contribution in [0.3, 0.4) is 0 Å². The lowest BCUT2D eigenvalue weighted by Crippen LogP contribution is -2.30. The summed E-state index contributed by atoms with van der Waals surface area (Å²) in [6.45, 7) is 7.84. The fourth-order valence-corrected chi connectivity index (χ4v) is 2.64. The van der Waals surface area contributed by atoms with Crippen LogP contribution < -0.4 is 0 Å². The number of ether oxygens (including phenoxy) is 1. The predicted molar refractivity (Wildman–Crippen MR) is 54.2 cm³/mol. The Kier molecular flexibility index (Phi) is 1.98. The van der Waals surface area contributed by atoms with Gasteiger partial charge in [-0.1, -0.05) is 26.8 Å². The number of hydrogen-bond donors (Lipinski definition) is 0. The molecule has 0 radical (unpaired) electrons. The van der Waals surface area contributed by atoms with Gasteiger partial charge >= 0.3 is 0 Å². The first-order chi connectivity index (χ1) is 6.08. The Bertz CT molecular complexity index is 260. The van der Waals surface area contributed by atoms with Gasteiger partial charge in [-0.2, -0.15) is 0 Å². The Morgan fingerprint density at radius 1 is 1.46 bits per heavy atom. The van der Waals surface area contributed by atoms with Crippen molar-refractivity contribution in [2.24, 2.45) is 17.3 Å². The van der Waals surface area contributed by atoms with Gasteiger partial charge in [-0.05, 0) is 29.4 Å². The van der Waals surface area contributed by atoms with Crippen LogP contribution in [0.1, 0.15) is 27.2 Å². The first kappa shape index (κ1) is 8.86. The molecule has 0 amide bonds. The summed E-state index contributed by atoms with van der Waals surface area (Å²) in [7, 11) is 0. The van der Waals surface area contributed by atoms with E-state index in [4.69, 9.17) is 4.74 Å². The number of hydrogen-bond acceptors (Lipinski definition) is 1. The average molecular weight is 178 g/mol. The Labute approximate surface area is 80.5 Å². The monoisotopic (exact) mass is 178 g/mol. The van der Waals surface area contributed by atoms with Gasteiger partial charge in [0.15, 0.2) is 0 Å². The van der Waals surface area contributed by atoms with Crippen molar-refractivity contribution in [3.8, 4) is 0 Å². The number of fused-ring (bicyclic) bond motifs is 1. The highest BCUT2D eigenvalue weighted by atomic mass is 16.5. The molecule has 0 aromatic rings. The van der Waals surface area contributed by atoms with Crippen molar-refractivity contribution < 1.29 is 4.74 Å². The Morgan fingerprint density at radius 2 is 2.23 bits per heavy atom. The molecule has 1 nitrogen and oxygen atoms in total. The summed E-state index contributed by atoms with van der Waals surface area (Å²) in [6.07, 6.45) is 7.65. The van der Waals surface area contributed by atoms with Gasteiger partial charge in [0.05, 0.1) is 12.9 Å². The van der Waals surface area contributed by atoms with E-state index < -0.39 is 0 Å². The van der Waals surface area contributed by atoms with E-state index in [9.17, 15) is 0 Å². The van der Waals surface area contributed by atoms with E-state index in [0.29, 0.717) is 11.3 Å². The molecule has 2 atom stereocenters. The minimum atomic E-state index is 0.368. The molecule has 2 aliphatic rings. The summed E-state index contributed by atoms with van der Waals surface area (Å²) in [5, 5.41) is 0. The van der Waals surface area contributed by atoms with Gasteiger partial charge in [0, 0.05) is 5.92 Å². The van der Waals surface area contributed by atoms with Crippen LogP contribution >= 0.6 is 0 Å². The molecule has 0 fully saturated rings. The molecular weight excluding hydrogens is 160 g/mol. The molecule has 1 aliphatic heterocycles. The van der Waals surface area contributed by atoms with Crippen LogP contribution in [0.15, 0.2) is 24.0 Å². The molecule has 1 heteroatoms. The van der Waals surface area contributed by atoms with Gasteiger partial charge < -0.3 is 4.74 Å². The second kappa shape index (κ2) is 2.90. The third kappa shape index (κ3) is 1.65. The molecule has 1 aliphatic carbocycles. The van der Waals surface area contributed by atoms with Crippen molar-refractivity contribution in [3.63, 3.8) is 0 Å². The minimum absolute atomic E-state index is 0.368. The molecule has 2 rings (SSSR count). The summed E-state index contributed by atoms with van der Waals surface area (Å²) in [4.78, 5) is 0. The quantitative estimate of drug-likeness (QED) is 0.553. The molecule has 0 spiro atoms. The van der Waals surface area contributed by atoms with E-state index in [-0.39, 0.29) is 0 Å². The lowest BCUT2D eigenvalue weighted by atomic mass is 9.69. The van der Waals surface area contributed by atoms with Crippen molar-refractivity contribution in [2.75, 3.05) is 6.61 Å². The maximum Gasteiger partial charge on any atom is 0.0944 e. The lowest BCUT2D eigenvalue weighted by Gasteiger charge is -2.38. The van der Waals surface area contributed by atoms with Crippen LogP contribution in [0, 0.1) is 17.3 Å². The predicted octanol–water partition coefficient (Wildman–Crippen LogP) is 3.14. The largest absolute Gasteiger partial charge is 0.501 e. The summed E-state index contributed by atoms with van der Waals surface area (Å²) in [6, 6.07) is 0. The van der Waals surface area contributed by atoms with Gasteiger partial charge in [-0.3, -0.25) is 0 Å². The molecule has 0 N–H and O–H groups in total. The third-order valence-electron chi connectivity index (χ3n) is 3.15. The molecule has 13 heavy (non-hydrogen) atoms. The smallest absolute Gasteiger partial charge is 0.0944 e. The molecule has 0 bridgehead atoms. The van der Waals surface area contributed by atoms with Crippen LogP contribution in [0.5, 0.6) is 0 Å². The third-order valence-corrected chi connectivity index (χ3v) is 3.15. The maximum absolute atomic E-state index is 5.36. The average Bonchev–Trinajstić information content (AvgIpc) is 2.02. The van der Waals surface area contributed by atoms with Gasteiger partial charge in [0.25, 0.3) is 0 Å². The molecule has 1 heterocycles. The normalized spacial score (nSPS) is 36.1. The zero-order chi connectivity index (χ0) is 9.47. The molecule has 0 saturated carbocycles. The van der Waals surface area contributed by atoms with Crippen molar-refractivity contribution >= 4 is 0 Å². The fourth-order valence-electron chi connectivity index (χ4n) is 2.64. The highest BCUT2D eigenvalue weighted by Gasteiger charge is 2.33. The van der Waals surface area contributed by atoms with Crippen LogP contribution in [0.25, 0.3) is 0 Å². The van der Waals surface area contributed by atoms with E-state index in [1.807, 2.05) is 6.26 Å².